The smallest absolute Gasteiger partial charge is 0.126 e. The quantitative estimate of drug-likeness (QED) is 0.727. The van der Waals surface area contributed by atoms with E-state index in [4.69, 9.17) is 11.6 Å². The minimum absolute atomic E-state index is 0.538. The molecule has 1 aromatic rings. The number of pyridine rings is 1. The second kappa shape index (κ2) is 3.31. The molecule has 1 aliphatic rings. The molecule has 1 saturated carbocycles. The summed E-state index contributed by atoms with van der Waals surface area (Å²) < 4.78 is 0. The molecule has 1 aliphatic carbocycles. The van der Waals surface area contributed by atoms with Gasteiger partial charge in [0.25, 0.3) is 0 Å². The summed E-state index contributed by atoms with van der Waals surface area (Å²) in [5, 5.41) is 3.31. The molecule has 1 N–H and O–H groups in total. The zero-order chi connectivity index (χ0) is 8.39. The highest BCUT2D eigenvalue weighted by atomic mass is 35.5. The average molecular weight is 183 g/mol. The summed E-state index contributed by atoms with van der Waals surface area (Å²) in [5.74, 6) is 1.50. The van der Waals surface area contributed by atoms with Gasteiger partial charge < -0.3 is 5.32 Å². The molecule has 0 radical (unpaired) electrons. The second-order valence-electron chi connectivity index (χ2n) is 3.10. The first-order chi connectivity index (χ1) is 5.88. The molecule has 0 aliphatic heterocycles. The van der Waals surface area contributed by atoms with Crippen LogP contribution in [-0.4, -0.2) is 11.0 Å². The Balaban J connectivity index is 2.02. The normalized spacial score (nSPS) is 16.1. The highest BCUT2D eigenvalue weighted by molar-refractivity contribution is 6.17. The largest absolute Gasteiger partial charge is 0.367 e. The lowest BCUT2D eigenvalue weighted by Gasteiger charge is -2.02. The van der Waals surface area contributed by atoms with Crippen LogP contribution in [0.1, 0.15) is 18.4 Å². The third kappa shape index (κ3) is 1.89. The fraction of sp³-hybridized carbons (Fsp3) is 0.444. The zero-order valence-corrected chi connectivity index (χ0v) is 7.51. The van der Waals surface area contributed by atoms with Crippen molar-refractivity contribution in [1.82, 2.24) is 4.98 Å². The Kier molecular flexibility index (Phi) is 2.17. The number of rotatable bonds is 3. The average Bonchev–Trinajstić information content (AvgIpc) is 2.90. The van der Waals surface area contributed by atoms with Gasteiger partial charge in [0.1, 0.15) is 5.82 Å². The van der Waals surface area contributed by atoms with E-state index in [-0.39, 0.29) is 0 Å². The highest BCUT2D eigenvalue weighted by Gasteiger charge is 2.20. The highest BCUT2D eigenvalue weighted by Crippen LogP contribution is 2.23. The van der Waals surface area contributed by atoms with Crippen LogP contribution < -0.4 is 5.32 Å². The van der Waals surface area contributed by atoms with E-state index in [1.165, 1.54) is 12.8 Å². The lowest BCUT2D eigenvalue weighted by molar-refractivity contribution is 1.10. The fourth-order valence-corrected chi connectivity index (χ4v) is 1.18. The van der Waals surface area contributed by atoms with Crippen LogP contribution in [0.5, 0.6) is 0 Å². The van der Waals surface area contributed by atoms with E-state index in [0.717, 1.165) is 11.4 Å². The predicted octanol–water partition coefficient (Wildman–Crippen LogP) is 2.39. The standard InChI is InChI=1S/C9H11ClN2/c10-5-7-1-4-9(11-6-7)12-8-2-3-8/h1,4,6,8H,2-3,5H2,(H,11,12). The Morgan fingerprint density at radius 2 is 2.33 bits per heavy atom. The van der Waals surface area contributed by atoms with Crippen LogP contribution in [0.3, 0.4) is 0 Å². The fourth-order valence-electron chi connectivity index (χ4n) is 1.03. The summed E-state index contributed by atoms with van der Waals surface area (Å²) in [6.45, 7) is 0. The van der Waals surface area contributed by atoms with E-state index in [2.05, 4.69) is 10.3 Å². The van der Waals surface area contributed by atoms with Gasteiger partial charge in [-0.05, 0) is 24.5 Å². The van der Waals surface area contributed by atoms with Gasteiger partial charge in [0.15, 0.2) is 0 Å². The summed E-state index contributed by atoms with van der Waals surface area (Å²) in [6.07, 6.45) is 4.37. The molecule has 1 aromatic heterocycles. The Morgan fingerprint density at radius 3 is 2.83 bits per heavy atom. The van der Waals surface area contributed by atoms with Crippen LogP contribution >= 0.6 is 11.6 Å². The zero-order valence-electron chi connectivity index (χ0n) is 6.76. The van der Waals surface area contributed by atoms with Crippen LogP contribution in [-0.2, 0) is 5.88 Å². The van der Waals surface area contributed by atoms with E-state index in [1.54, 1.807) is 0 Å². The molecule has 1 fully saturated rings. The van der Waals surface area contributed by atoms with E-state index in [9.17, 15) is 0 Å². The first kappa shape index (κ1) is 7.87. The molecule has 3 heteroatoms. The number of aromatic nitrogens is 1. The van der Waals surface area contributed by atoms with Crippen molar-refractivity contribution in [2.75, 3.05) is 5.32 Å². The molecule has 0 aromatic carbocycles. The van der Waals surface area contributed by atoms with Crippen molar-refractivity contribution in [1.29, 1.82) is 0 Å². The van der Waals surface area contributed by atoms with Gasteiger partial charge in [0.05, 0.1) is 0 Å². The Hall–Kier alpha value is -0.760. The number of hydrogen-bond donors (Lipinski definition) is 1. The van der Waals surface area contributed by atoms with Crippen molar-refractivity contribution in [2.24, 2.45) is 0 Å². The van der Waals surface area contributed by atoms with Gasteiger partial charge in [-0.2, -0.15) is 0 Å². The third-order valence-electron chi connectivity index (χ3n) is 1.91. The van der Waals surface area contributed by atoms with E-state index >= 15 is 0 Å². The molecule has 0 unspecified atom stereocenters. The van der Waals surface area contributed by atoms with Crippen LogP contribution in [0, 0.1) is 0 Å². The van der Waals surface area contributed by atoms with E-state index < -0.39 is 0 Å². The molecular weight excluding hydrogens is 172 g/mol. The van der Waals surface area contributed by atoms with Gasteiger partial charge in [-0.3, -0.25) is 0 Å². The minimum Gasteiger partial charge on any atom is -0.367 e. The maximum Gasteiger partial charge on any atom is 0.126 e. The molecule has 0 amide bonds. The lowest BCUT2D eigenvalue weighted by Crippen LogP contribution is -2.02. The van der Waals surface area contributed by atoms with E-state index in [1.807, 2.05) is 18.3 Å². The molecule has 0 saturated heterocycles. The summed E-state index contributed by atoms with van der Waals surface area (Å²) >= 11 is 5.64. The number of halogens is 1. The molecule has 0 spiro atoms. The molecule has 64 valence electrons. The van der Waals surface area contributed by atoms with Gasteiger partial charge in [0.2, 0.25) is 0 Å². The van der Waals surface area contributed by atoms with Crippen molar-refractivity contribution in [2.45, 2.75) is 24.8 Å². The summed E-state index contributed by atoms with van der Waals surface area (Å²) in [7, 11) is 0. The predicted molar refractivity (Wildman–Crippen MR) is 50.4 cm³/mol. The van der Waals surface area contributed by atoms with Crippen LogP contribution in [0.15, 0.2) is 18.3 Å². The molecule has 1 heterocycles. The van der Waals surface area contributed by atoms with Crippen LogP contribution in [0.4, 0.5) is 5.82 Å². The minimum atomic E-state index is 0.538. The molecule has 0 bridgehead atoms. The Bertz CT molecular complexity index is 254. The van der Waals surface area contributed by atoms with Gasteiger partial charge in [-0.1, -0.05) is 6.07 Å². The second-order valence-corrected chi connectivity index (χ2v) is 3.37. The third-order valence-corrected chi connectivity index (χ3v) is 2.22. The summed E-state index contributed by atoms with van der Waals surface area (Å²) in [4.78, 5) is 4.23. The molecule has 2 nitrogen and oxygen atoms in total. The van der Waals surface area contributed by atoms with Gasteiger partial charge >= 0.3 is 0 Å². The maximum atomic E-state index is 5.64. The van der Waals surface area contributed by atoms with Crippen LogP contribution in [0.2, 0.25) is 0 Å². The van der Waals surface area contributed by atoms with E-state index in [0.29, 0.717) is 11.9 Å². The summed E-state index contributed by atoms with van der Waals surface area (Å²) in [5.41, 5.74) is 1.07. The van der Waals surface area contributed by atoms with Crippen LogP contribution in [0.25, 0.3) is 0 Å². The van der Waals surface area contributed by atoms with Crippen molar-refractivity contribution < 1.29 is 0 Å². The van der Waals surface area contributed by atoms with Crippen molar-refractivity contribution in [3.05, 3.63) is 23.9 Å². The maximum absolute atomic E-state index is 5.64. The first-order valence-electron chi connectivity index (χ1n) is 4.16. The Labute approximate surface area is 77.0 Å². The number of anilines is 1. The molecule has 2 rings (SSSR count). The van der Waals surface area contributed by atoms with Gasteiger partial charge in [0, 0.05) is 18.1 Å². The van der Waals surface area contributed by atoms with Gasteiger partial charge in [-0.25, -0.2) is 4.98 Å². The molecule has 12 heavy (non-hydrogen) atoms. The molecule has 0 atom stereocenters. The first-order valence-corrected chi connectivity index (χ1v) is 4.69. The number of alkyl halides is 1. The number of nitrogens with one attached hydrogen (secondary N) is 1. The van der Waals surface area contributed by atoms with Crippen molar-refractivity contribution in [3.8, 4) is 0 Å². The Morgan fingerprint density at radius 1 is 1.50 bits per heavy atom. The SMILES string of the molecule is ClCc1ccc(NC2CC2)nc1. The van der Waals surface area contributed by atoms with Crippen molar-refractivity contribution >= 4 is 17.4 Å². The topological polar surface area (TPSA) is 24.9 Å². The monoisotopic (exact) mass is 182 g/mol. The number of hydrogen-bond acceptors (Lipinski definition) is 2. The van der Waals surface area contributed by atoms with Gasteiger partial charge in [-0.15, -0.1) is 11.6 Å². The van der Waals surface area contributed by atoms with Crippen molar-refractivity contribution in [3.63, 3.8) is 0 Å². The summed E-state index contributed by atoms with van der Waals surface area (Å²) in [6, 6.07) is 4.65. The lowest BCUT2D eigenvalue weighted by atomic mass is 10.3. The number of nitrogens with zero attached hydrogens (tertiary/aromatic N) is 1. The molecular formula is C9H11ClN2.